The molecule has 0 bridgehead atoms. The lowest BCUT2D eigenvalue weighted by Crippen LogP contribution is -2.14. The number of Topliss-reactive ketones (excluding diaryl/α,β-unsaturated/α-hetero) is 1. The van der Waals surface area contributed by atoms with E-state index in [2.05, 4.69) is 0 Å². The number of benzene rings is 1. The summed E-state index contributed by atoms with van der Waals surface area (Å²) in [5.41, 5.74) is -2.92. The van der Waals surface area contributed by atoms with Gasteiger partial charge < -0.3 is 18.9 Å². The fraction of sp³-hybridized carbons (Fsp3) is 0.474. The van der Waals surface area contributed by atoms with Gasteiger partial charge in [-0.2, -0.15) is 8.78 Å². The molecule has 10 heteroatoms. The molecule has 0 unspecified atom stereocenters. The third-order valence-corrected chi connectivity index (χ3v) is 4.05. The molecule has 0 aliphatic carbocycles. The molecule has 0 heterocycles. The van der Waals surface area contributed by atoms with Crippen LogP contribution >= 0.6 is 8.46 Å². The maximum atomic E-state index is 12.8. The number of halogens is 2. The van der Waals surface area contributed by atoms with Crippen LogP contribution in [-0.2, 0) is 23.6 Å². The zero-order chi connectivity index (χ0) is 21.9. The van der Waals surface area contributed by atoms with Gasteiger partial charge in [0, 0.05) is 18.1 Å². The van der Waals surface area contributed by atoms with Gasteiger partial charge in [0.15, 0.2) is 5.78 Å². The van der Waals surface area contributed by atoms with Crippen LogP contribution in [0.25, 0.3) is 6.08 Å². The Morgan fingerprint density at radius 3 is 2.52 bits per heavy atom. The molecule has 0 saturated heterocycles. The number of methoxy groups -OCH3 is 1. The van der Waals surface area contributed by atoms with E-state index in [1.54, 1.807) is 25.1 Å². The average molecular weight is 432 g/mol. The molecule has 0 atom stereocenters. The Kier molecular flexibility index (Phi) is 10.4. The van der Waals surface area contributed by atoms with E-state index < -0.39 is 32.3 Å². The first kappa shape index (κ1) is 24.7. The van der Waals surface area contributed by atoms with Crippen LogP contribution in [0, 0.1) is 0 Å². The van der Waals surface area contributed by atoms with Gasteiger partial charge in [0.1, 0.15) is 23.7 Å². The maximum absolute atomic E-state index is 12.8. The predicted molar refractivity (Wildman–Crippen MR) is 102 cm³/mol. The van der Waals surface area contributed by atoms with Crippen molar-refractivity contribution in [1.29, 1.82) is 0 Å². The van der Waals surface area contributed by atoms with Crippen LogP contribution < -0.4 is 9.47 Å². The summed E-state index contributed by atoms with van der Waals surface area (Å²) in [6, 6.07) is 4.76. The number of rotatable bonds is 13. The second-order valence-electron chi connectivity index (χ2n) is 5.71. The van der Waals surface area contributed by atoms with E-state index in [0.717, 1.165) is 0 Å². The lowest BCUT2D eigenvalue weighted by Gasteiger charge is -2.12. The zero-order valence-electron chi connectivity index (χ0n) is 16.4. The monoisotopic (exact) mass is 432 g/mol. The van der Waals surface area contributed by atoms with Crippen molar-refractivity contribution in [1.82, 2.24) is 0 Å². The van der Waals surface area contributed by atoms with Crippen molar-refractivity contribution in [3.8, 4) is 11.5 Å². The number of ketones is 1. The quantitative estimate of drug-likeness (QED) is 0.117. The standard InChI is InChI=1S/C19H23F2O7P/c1-4-27-18(23)16(13(2)22)11-14-5-6-15(12-17(14)25-3)28-10-9-26-8-7-19(20,21)29-24/h5-6,11-12H,4,7-10H2,1-3H3/b16-11+. The van der Waals surface area contributed by atoms with Gasteiger partial charge in [0.05, 0.1) is 26.9 Å². The zero-order valence-corrected chi connectivity index (χ0v) is 17.3. The highest BCUT2D eigenvalue weighted by atomic mass is 31.1. The van der Waals surface area contributed by atoms with E-state index in [0.29, 0.717) is 17.1 Å². The Bertz CT molecular complexity index is 750. The van der Waals surface area contributed by atoms with Crippen molar-refractivity contribution in [3.63, 3.8) is 0 Å². The smallest absolute Gasteiger partial charge is 0.341 e. The summed E-state index contributed by atoms with van der Waals surface area (Å²) in [5, 5.41) is 0. The maximum Gasteiger partial charge on any atom is 0.341 e. The van der Waals surface area contributed by atoms with Crippen molar-refractivity contribution < 1.29 is 41.9 Å². The highest BCUT2D eigenvalue weighted by Crippen LogP contribution is 2.30. The van der Waals surface area contributed by atoms with Crippen LogP contribution in [0.2, 0.25) is 0 Å². The number of carbonyl (C=O) groups is 2. The highest BCUT2D eigenvalue weighted by Gasteiger charge is 2.28. The van der Waals surface area contributed by atoms with Crippen LogP contribution in [0.4, 0.5) is 8.78 Å². The summed E-state index contributed by atoms with van der Waals surface area (Å²) >= 11 is 0. The molecule has 1 aromatic carbocycles. The molecule has 0 aliphatic heterocycles. The summed E-state index contributed by atoms with van der Waals surface area (Å²) in [6.07, 6.45) is 0.730. The molecular weight excluding hydrogens is 409 g/mol. The summed E-state index contributed by atoms with van der Waals surface area (Å²) < 4.78 is 56.4. The second-order valence-corrected chi connectivity index (χ2v) is 6.54. The molecule has 0 radical (unpaired) electrons. The van der Waals surface area contributed by atoms with Crippen molar-refractivity contribution >= 4 is 26.3 Å². The predicted octanol–water partition coefficient (Wildman–Crippen LogP) is 3.90. The Labute approximate surface area is 169 Å². The number of hydrogen-bond acceptors (Lipinski definition) is 7. The molecule has 0 fully saturated rings. The van der Waals surface area contributed by atoms with Crippen molar-refractivity contribution in [3.05, 3.63) is 29.3 Å². The lowest BCUT2D eigenvalue weighted by atomic mass is 10.1. The van der Waals surface area contributed by atoms with Crippen LogP contribution in [0.15, 0.2) is 23.8 Å². The number of ether oxygens (including phenoxy) is 4. The second kappa shape index (κ2) is 12.2. The molecule has 0 saturated carbocycles. The van der Waals surface area contributed by atoms with Gasteiger partial charge in [-0.3, -0.25) is 9.36 Å². The summed E-state index contributed by atoms with van der Waals surface area (Å²) in [5.74, 6) is -0.376. The molecule has 1 rings (SSSR count). The van der Waals surface area contributed by atoms with E-state index in [4.69, 9.17) is 18.9 Å². The summed E-state index contributed by atoms with van der Waals surface area (Å²) in [4.78, 5) is 23.6. The number of hydrogen-bond donors (Lipinski definition) is 0. The summed E-state index contributed by atoms with van der Waals surface area (Å²) in [7, 11) is 0.195. The Hall–Kier alpha value is -2.38. The van der Waals surface area contributed by atoms with Gasteiger partial charge in [0.25, 0.3) is 0 Å². The van der Waals surface area contributed by atoms with Gasteiger partial charge in [-0.25, -0.2) is 4.79 Å². The third kappa shape index (κ3) is 8.66. The van der Waals surface area contributed by atoms with Crippen LogP contribution in [-0.4, -0.2) is 51.0 Å². The molecule has 0 spiro atoms. The largest absolute Gasteiger partial charge is 0.496 e. The molecule has 0 N–H and O–H groups in total. The number of carbonyl (C=O) groups excluding carboxylic acids is 2. The Morgan fingerprint density at radius 2 is 1.93 bits per heavy atom. The minimum atomic E-state index is -3.29. The highest BCUT2D eigenvalue weighted by molar-refractivity contribution is 7.25. The number of alkyl halides is 2. The van der Waals surface area contributed by atoms with Crippen molar-refractivity contribution in [2.45, 2.75) is 25.9 Å². The average Bonchev–Trinajstić information content (AvgIpc) is 2.69. The minimum absolute atomic E-state index is 0.0626. The third-order valence-electron chi connectivity index (χ3n) is 3.56. The molecule has 29 heavy (non-hydrogen) atoms. The van der Waals surface area contributed by atoms with Gasteiger partial charge in [-0.15, -0.1) is 0 Å². The Balaban J connectivity index is 2.71. The fourth-order valence-electron chi connectivity index (χ4n) is 2.13. The minimum Gasteiger partial charge on any atom is -0.496 e. The first-order chi connectivity index (χ1) is 13.7. The van der Waals surface area contributed by atoms with E-state index in [-0.39, 0.29) is 32.0 Å². The lowest BCUT2D eigenvalue weighted by molar-refractivity contribution is -0.139. The molecule has 0 aliphatic rings. The normalized spacial score (nSPS) is 12.0. The van der Waals surface area contributed by atoms with Crippen molar-refractivity contribution in [2.24, 2.45) is 0 Å². The van der Waals surface area contributed by atoms with Crippen LogP contribution in [0.1, 0.15) is 25.8 Å². The number of esters is 1. The van der Waals surface area contributed by atoms with Crippen molar-refractivity contribution in [2.75, 3.05) is 33.5 Å². The molecular formula is C19H23F2O7P. The van der Waals surface area contributed by atoms with Gasteiger partial charge >= 0.3 is 11.6 Å². The van der Waals surface area contributed by atoms with Crippen LogP contribution in [0.5, 0.6) is 11.5 Å². The van der Waals surface area contributed by atoms with E-state index in [9.17, 15) is 22.9 Å². The molecule has 0 amide bonds. The molecule has 7 nitrogen and oxygen atoms in total. The topological polar surface area (TPSA) is 88.1 Å². The fourth-order valence-corrected chi connectivity index (χ4v) is 2.31. The van der Waals surface area contributed by atoms with E-state index in [1.807, 2.05) is 0 Å². The Morgan fingerprint density at radius 1 is 1.21 bits per heavy atom. The summed E-state index contributed by atoms with van der Waals surface area (Å²) in [6.45, 7) is 2.96. The first-order valence-corrected chi connectivity index (χ1v) is 9.56. The first-order valence-electron chi connectivity index (χ1n) is 8.74. The van der Waals surface area contributed by atoms with E-state index in [1.165, 1.54) is 20.1 Å². The van der Waals surface area contributed by atoms with Gasteiger partial charge in [-0.1, -0.05) is 0 Å². The molecule has 1 aromatic rings. The van der Waals surface area contributed by atoms with Gasteiger partial charge in [-0.05, 0) is 32.1 Å². The van der Waals surface area contributed by atoms with Gasteiger partial charge in [0.2, 0.25) is 8.46 Å². The van der Waals surface area contributed by atoms with Crippen LogP contribution in [0.3, 0.4) is 0 Å². The van der Waals surface area contributed by atoms with E-state index >= 15 is 0 Å². The molecule has 0 aromatic heterocycles. The molecule has 160 valence electrons. The SMILES string of the molecule is CCOC(=O)/C(=C/c1ccc(OCCOCCC(F)(F)P=O)cc1OC)C(C)=O.